The molecule has 10 rings (SSSR count). The Hall–Kier alpha value is -7.23. The third-order valence-corrected chi connectivity index (χ3v) is 8.81. The van der Waals surface area contributed by atoms with Crippen LogP contribution in [0.5, 0.6) is 0 Å². The molecule has 0 saturated heterocycles. The molecule has 0 N–H and O–H groups in total. The van der Waals surface area contributed by atoms with Gasteiger partial charge in [-0.3, -0.25) is 0 Å². The zero-order valence-corrected chi connectivity index (χ0v) is 27.9. The van der Waals surface area contributed by atoms with Crippen molar-refractivity contribution in [2.75, 3.05) is 0 Å². The summed E-state index contributed by atoms with van der Waals surface area (Å²) in [6.45, 7) is 0. The van der Waals surface area contributed by atoms with Crippen molar-refractivity contribution in [1.29, 1.82) is 0 Å². The van der Waals surface area contributed by atoms with E-state index in [0.717, 1.165) is 11.1 Å². The number of nitrogens with zero attached hydrogens (tertiary/aromatic N) is 3. The minimum Gasteiger partial charge on any atom is -0.208 e. The van der Waals surface area contributed by atoms with Crippen LogP contribution in [-0.2, 0) is 0 Å². The van der Waals surface area contributed by atoms with E-state index in [1.165, 1.54) is 0 Å². The van der Waals surface area contributed by atoms with E-state index < -0.39 is 175 Å². The maximum atomic E-state index is 9.74. The fraction of sp³-hybridized carbons (Fsp3) is 0. The molecule has 1 heterocycles. The number of hydrogen-bond acceptors (Lipinski definition) is 3. The van der Waals surface area contributed by atoms with Crippen molar-refractivity contribution in [3.63, 3.8) is 0 Å². The minimum absolute atomic E-state index is 0.106. The van der Waals surface area contributed by atoms with Crippen LogP contribution in [0.15, 0.2) is 200 Å². The lowest BCUT2D eigenvalue weighted by atomic mass is 9.91. The molecule has 1 aromatic heterocycles. The van der Waals surface area contributed by atoms with Crippen molar-refractivity contribution in [2.45, 2.75) is 0 Å². The molecule has 0 saturated carbocycles. The van der Waals surface area contributed by atoms with Crippen LogP contribution < -0.4 is 0 Å². The van der Waals surface area contributed by atoms with E-state index in [4.69, 9.17) is 26.4 Å². The first-order valence-corrected chi connectivity index (χ1v) is 16.7. The highest BCUT2D eigenvalue weighted by Gasteiger charge is 2.15. The molecule has 252 valence electrons. The summed E-state index contributed by atoms with van der Waals surface area (Å²) >= 11 is 0. The van der Waals surface area contributed by atoms with E-state index in [9.17, 15) is 9.60 Å². The van der Waals surface area contributed by atoms with Crippen molar-refractivity contribution in [3.8, 4) is 67.5 Å². The summed E-state index contributed by atoms with van der Waals surface area (Å²) in [7, 11) is 0. The summed E-state index contributed by atoms with van der Waals surface area (Å²) in [5, 5.41) is -2.68. The van der Waals surface area contributed by atoms with Gasteiger partial charge in [0.2, 0.25) is 0 Å². The van der Waals surface area contributed by atoms with E-state index in [2.05, 4.69) is 4.98 Å². The maximum absolute atomic E-state index is 9.74. The summed E-state index contributed by atoms with van der Waals surface area (Å²) in [6, 6.07) is 10.2. The number of fused-ring (bicyclic) bond motifs is 6. The molecular weight excluding hydrogens is 655 g/mol. The lowest BCUT2D eigenvalue weighted by molar-refractivity contribution is 1.07. The zero-order valence-electron chi connectivity index (χ0n) is 46.9. The molecule has 0 unspecified atom stereocenters. The lowest BCUT2D eigenvalue weighted by Gasteiger charge is -2.13. The quantitative estimate of drug-likeness (QED) is 0.162. The van der Waals surface area contributed by atoms with Crippen LogP contribution in [0.2, 0.25) is 0 Å². The Morgan fingerprint density at radius 3 is 1.31 bits per heavy atom. The van der Waals surface area contributed by atoms with E-state index >= 15 is 0 Å². The molecule has 0 aliphatic carbocycles. The van der Waals surface area contributed by atoms with E-state index in [1.807, 2.05) is 42.5 Å². The molecule has 3 nitrogen and oxygen atoms in total. The second-order valence-electron chi connectivity index (χ2n) is 12.1. The highest BCUT2D eigenvalue weighted by Crippen LogP contribution is 2.38. The molecule has 54 heavy (non-hydrogen) atoms. The molecule has 0 amide bonds. The molecule has 0 aliphatic rings. The molecule has 0 radical (unpaired) electrons. The Bertz CT molecular complexity index is 4030. The van der Waals surface area contributed by atoms with Gasteiger partial charge in [0.05, 0.1) is 26.0 Å². The molecule has 10 aromatic rings. The number of rotatable bonds is 6. The van der Waals surface area contributed by atoms with Crippen LogP contribution in [0.1, 0.15) is 26.0 Å². The van der Waals surface area contributed by atoms with Gasteiger partial charge in [-0.05, 0) is 89.9 Å². The molecule has 0 aliphatic heterocycles. The third-order valence-electron chi connectivity index (χ3n) is 8.81. The summed E-state index contributed by atoms with van der Waals surface area (Å²) in [5.41, 5.74) is -0.466. The summed E-state index contributed by atoms with van der Waals surface area (Å²) < 4.78 is 173. The average Bonchev–Trinajstić information content (AvgIpc) is 3.40. The third kappa shape index (κ3) is 5.78. The second kappa shape index (κ2) is 13.4. The first-order valence-electron chi connectivity index (χ1n) is 26.2. The van der Waals surface area contributed by atoms with Gasteiger partial charge >= 0.3 is 0 Å². The molecule has 3 heteroatoms. The smallest absolute Gasteiger partial charge is 0.164 e. The molecule has 0 fully saturated rings. The normalized spacial score (nSPS) is 16.3. The van der Waals surface area contributed by atoms with E-state index in [0.29, 0.717) is 11.1 Å². The summed E-state index contributed by atoms with van der Waals surface area (Å²) in [6.07, 6.45) is 0. The van der Waals surface area contributed by atoms with Crippen molar-refractivity contribution in [3.05, 3.63) is 200 Å². The van der Waals surface area contributed by atoms with Gasteiger partial charge < -0.3 is 0 Å². The first-order chi connectivity index (χ1) is 34.7. The van der Waals surface area contributed by atoms with Gasteiger partial charge in [-0.2, -0.15) is 0 Å². The van der Waals surface area contributed by atoms with Crippen LogP contribution in [0.4, 0.5) is 0 Å². The second-order valence-corrected chi connectivity index (χ2v) is 12.1. The number of benzene rings is 9. The fourth-order valence-corrected chi connectivity index (χ4v) is 6.26. The summed E-state index contributed by atoms with van der Waals surface area (Å²) in [4.78, 5) is 14.1. The standard InChI is InChI=1S/C51H33N3/c1-3-14-34(15-4-1)36-18-12-22-41(31-36)50-52-49(35-16-5-2-6-17-35)53-51(54-50)42-23-13-21-39(32-42)37-19-11-20-38(30-37)40-28-29-47-45-26-8-7-24-43(45)44-25-9-10-27-46(44)48(47)33-40/h1-33H/i7D,8D,9D,10D,11D,13D,19D,20D,21D,23D,24D,25D,26D,27D,28D,29D,30D,32D,33D. The number of hydrogen-bond donors (Lipinski definition) is 0. The highest BCUT2D eigenvalue weighted by atomic mass is 15.0. The van der Waals surface area contributed by atoms with Crippen molar-refractivity contribution >= 4 is 32.3 Å². The molecule has 0 atom stereocenters. The maximum Gasteiger partial charge on any atom is 0.164 e. The lowest BCUT2D eigenvalue weighted by Crippen LogP contribution is -2.00. The van der Waals surface area contributed by atoms with Gasteiger partial charge in [-0.1, -0.05) is 176 Å². The predicted octanol–water partition coefficient (Wildman–Crippen LogP) is 13.3. The van der Waals surface area contributed by atoms with Gasteiger partial charge in [0.25, 0.3) is 0 Å². The van der Waals surface area contributed by atoms with Gasteiger partial charge in [0.1, 0.15) is 0 Å². The van der Waals surface area contributed by atoms with Crippen LogP contribution in [0.3, 0.4) is 0 Å². The first kappa shape index (κ1) is 17.5. The summed E-state index contributed by atoms with van der Waals surface area (Å²) in [5.74, 6) is -0.0789. The van der Waals surface area contributed by atoms with Gasteiger partial charge in [0, 0.05) is 16.7 Å². The topological polar surface area (TPSA) is 38.7 Å². The Kier molecular flexibility index (Phi) is 4.35. The van der Waals surface area contributed by atoms with E-state index in [-0.39, 0.29) is 17.5 Å². The Labute approximate surface area is 340 Å². The SMILES string of the molecule is [2H]c1c([2H])c(-c2nc(-c3ccccc3)nc(-c3cccc(-c4ccccc4)c3)n2)c([2H])c(-c2c([2H])c([2H])c([2H])c(-c3c([2H])c([2H])c4c5c([2H])c([2H])c([2H])c([2H])c5c5c([2H])c([2H])c([2H])c([2H])c5c4c3[2H])c2[2H])c1[2H]. The molecular formula is C51H33N3. The molecule has 9 aromatic carbocycles. The van der Waals surface area contributed by atoms with Crippen molar-refractivity contribution in [1.82, 2.24) is 15.0 Å². The van der Waals surface area contributed by atoms with Crippen LogP contribution in [-0.4, -0.2) is 15.0 Å². The largest absolute Gasteiger partial charge is 0.208 e. The van der Waals surface area contributed by atoms with Crippen molar-refractivity contribution in [2.24, 2.45) is 0 Å². The molecule has 0 bridgehead atoms. The number of aromatic nitrogens is 3. The Morgan fingerprint density at radius 1 is 0.278 bits per heavy atom. The highest BCUT2D eigenvalue weighted by molar-refractivity contribution is 6.25. The average molecular weight is 707 g/mol. The van der Waals surface area contributed by atoms with Gasteiger partial charge in [0.15, 0.2) is 17.5 Å². The predicted molar refractivity (Wildman–Crippen MR) is 225 cm³/mol. The van der Waals surface area contributed by atoms with E-state index in [1.54, 1.807) is 42.5 Å². The fourth-order valence-electron chi connectivity index (χ4n) is 6.26. The molecule has 0 spiro atoms. The van der Waals surface area contributed by atoms with Gasteiger partial charge in [-0.25, -0.2) is 15.0 Å². The Balaban J connectivity index is 1.29. The Morgan fingerprint density at radius 2 is 0.704 bits per heavy atom. The zero-order chi connectivity index (χ0) is 52.4. The van der Waals surface area contributed by atoms with Crippen LogP contribution in [0, 0.1) is 0 Å². The minimum atomic E-state index is -0.931. The monoisotopic (exact) mass is 706 g/mol. The van der Waals surface area contributed by atoms with Crippen LogP contribution in [0.25, 0.3) is 99.9 Å². The van der Waals surface area contributed by atoms with Crippen molar-refractivity contribution < 1.29 is 26.0 Å². The van der Waals surface area contributed by atoms with Crippen LogP contribution >= 0.6 is 0 Å². The van der Waals surface area contributed by atoms with Gasteiger partial charge in [-0.15, -0.1) is 0 Å².